The van der Waals surface area contributed by atoms with Gasteiger partial charge in [-0.25, -0.2) is 4.39 Å². The van der Waals surface area contributed by atoms with E-state index in [9.17, 15) is 9.18 Å². The second kappa shape index (κ2) is 7.07. The van der Waals surface area contributed by atoms with Crippen LogP contribution in [0.15, 0.2) is 48.5 Å². The molecule has 0 aliphatic heterocycles. The van der Waals surface area contributed by atoms with Crippen LogP contribution in [0.2, 0.25) is 0 Å². The minimum atomic E-state index is -0.281. The summed E-state index contributed by atoms with van der Waals surface area (Å²) < 4.78 is 18.4. The third-order valence-electron chi connectivity index (χ3n) is 3.67. The SMILES string of the molecule is CCOc1ccc(C(=O)N(C)C(C)c2ccc(F)cc2)cc1. The van der Waals surface area contributed by atoms with Crippen LogP contribution in [-0.2, 0) is 0 Å². The molecule has 1 unspecified atom stereocenters. The lowest BCUT2D eigenvalue weighted by Crippen LogP contribution is -2.29. The zero-order valence-corrected chi connectivity index (χ0v) is 13.0. The Hall–Kier alpha value is -2.36. The van der Waals surface area contributed by atoms with Gasteiger partial charge >= 0.3 is 0 Å². The van der Waals surface area contributed by atoms with E-state index in [0.29, 0.717) is 12.2 Å². The highest BCUT2D eigenvalue weighted by molar-refractivity contribution is 5.94. The van der Waals surface area contributed by atoms with Gasteiger partial charge in [-0.2, -0.15) is 0 Å². The first-order valence-electron chi connectivity index (χ1n) is 7.28. The van der Waals surface area contributed by atoms with Gasteiger partial charge in [0.15, 0.2) is 0 Å². The summed E-state index contributed by atoms with van der Waals surface area (Å²) in [6, 6.07) is 13.1. The third kappa shape index (κ3) is 3.64. The molecule has 0 saturated carbocycles. The molecule has 0 radical (unpaired) electrons. The molecule has 0 aliphatic carbocycles. The monoisotopic (exact) mass is 301 g/mol. The summed E-state index contributed by atoms with van der Waals surface area (Å²) in [6.45, 7) is 4.42. The van der Waals surface area contributed by atoms with Gasteiger partial charge in [0.05, 0.1) is 12.6 Å². The quantitative estimate of drug-likeness (QED) is 0.833. The molecule has 0 bridgehead atoms. The first-order valence-corrected chi connectivity index (χ1v) is 7.28. The highest BCUT2D eigenvalue weighted by atomic mass is 19.1. The van der Waals surface area contributed by atoms with Gasteiger partial charge in [-0.05, 0) is 55.8 Å². The van der Waals surface area contributed by atoms with Crippen LogP contribution in [0.1, 0.15) is 35.8 Å². The van der Waals surface area contributed by atoms with Crippen LogP contribution in [0, 0.1) is 5.82 Å². The summed E-state index contributed by atoms with van der Waals surface area (Å²) in [7, 11) is 1.74. The Labute approximate surface area is 130 Å². The number of halogens is 1. The van der Waals surface area contributed by atoms with Crippen LogP contribution in [0.5, 0.6) is 5.75 Å². The van der Waals surface area contributed by atoms with Gasteiger partial charge in [0.2, 0.25) is 0 Å². The highest BCUT2D eigenvalue weighted by Gasteiger charge is 2.18. The van der Waals surface area contributed by atoms with Crippen LogP contribution < -0.4 is 4.74 Å². The van der Waals surface area contributed by atoms with Crippen LogP contribution >= 0.6 is 0 Å². The molecule has 22 heavy (non-hydrogen) atoms. The Morgan fingerprint density at radius 3 is 2.27 bits per heavy atom. The average Bonchev–Trinajstić information content (AvgIpc) is 2.54. The molecule has 1 atom stereocenters. The van der Waals surface area contributed by atoms with Crippen molar-refractivity contribution >= 4 is 5.91 Å². The second-order valence-corrected chi connectivity index (χ2v) is 5.10. The van der Waals surface area contributed by atoms with Gasteiger partial charge in [0, 0.05) is 12.6 Å². The molecule has 0 N–H and O–H groups in total. The predicted octanol–water partition coefficient (Wildman–Crippen LogP) is 4.06. The third-order valence-corrected chi connectivity index (χ3v) is 3.67. The molecule has 4 heteroatoms. The van der Waals surface area contributed by atoms with Gasteiger partial charge < -0.3 is 9.64 Å². The lowest BCUT2D eigenvalue weighted by molar-refractivity contribution is 0.0742. The lowest BCUT2D eigenvalue weighted by Gasteiger charge is -2.25. The van der Waals surface area contributed by atoms with Crippen molar-refractivity contribution in [1.29, 1.82) is 0 Å². The van der Waals surface area contributed by atoms with Gasteiger partial charge in [-0.1, -0.05) is 12.1 Å². The van der Waals surface area contributed by atoms with Crippen LogP contribution in [0.25, 0.3) is 0 Å². The maximum Gasteiger partial charge on any atom is 0.254 e. The van der Waals surface area contributed by atoms with E-state index in [4.69, 9.17) is 4.74 Å². The van der Waals surface area contributed by atoms with Crippen molar-refractivity contribution in [2.75, 3.05) is 13.7 Å². The van der Waals surface area contributed by atoms with Crippen molar-refractivity contribution in [1.82, 2.24) is 4.90 Å². The van der Waals surface area contributed by atoms with Crippen LogP contribution in [0.4, 0.5) is 4.39 Å². The van der Waals surface area contributed by atoms with Gasteiger partial charge in [-0.15, -0.1) is 0 Å². The minimum Gasteiger partial charge on any atom is -0.494 e. The fourth-order valence-electron chi connectivity index (χ4n) is 2.20. The highest BCUT2D eigenvalue weighted by Crippen LogP contribution is 2.22. The largest absolute Gasteiger partial charge is 0.494 e. The molecule has 2 aromatic carbocycles. The molecule has 2 aromatic rings. The molecular weight excluding hydrogens is 281 g/mol. The minimum absolute atomic E-state index is 0.0835. The first-order chi connectivity index (χ1) is 10.5. The standard InChI is InChI=1S/C18H20FNO2/c1-4-22-17-11-7-15(8-12-17)18(21)20(3)13(2)14-5-9-16(19)10-6-14/h5-13H,4H2,1-3H3. The maximum absolute atomic E-state index is 13.0. The fraction of sp³-hybridized carbons (Fsp3) is 0.278. The van der Waals surface area contributed by atoms with E-state index in [1.165, 1.54) is 12.1 Å². The fourth-order valence-corrected chi connectivity index (χ4v) is 2.20. The van der Waals surface area contributed by atoms with Crippen LogP contribution in [0.3, 0.4) is 0 Å². The summed E-state index contributed by atoms with van der Waals surface area (Å²) >= 11 is 0. The molecule has 0 fully saturated rings. The summed E-state index contributed by atoms with van der Waals surface area (Å²) in [5.74, 6) is 0.379. The molecule has 2 rings (SSSR count). The maximum atomic E-state index is 13.0. The number of hydrogen-bond donors (Lipinski definition) is 0. The number of nitrogens with zero attached hydrogens (tertiary/aromatic N) is 1. The van der Waals surface area contributed by atoms with Crippen molar-refractivity contribution in [3.63, 3.8) is 0 Å². The van der Waals surface area contributed by atoms with E-state index in [1.54, 1.807) is 48.3 Å². The van der Waals surface area contributed by atoms with E-state index in [-0.39, 0.29) is 17.8 Å². The molecule has 0 spiro atoms. The zero-order valence-electron chi connectivity index (χ0n) is 13.0. The number of benzene rings is 2. The predicted molar refractivity (Wildman–Crippen MR) is 84.5 cm³/mol. The number of amides is 1. The topological polar surface area (TPSA) is 29.5 Å². The molecule has 3 nitrogen and oxygen atoms in total. The number of hydrogen-bond acceptors (Lipinski definition) is 2. The molecule has 0 aromatic heterocycles. The van der Waals surface area contributed by atoms with Crippen LogP contribution in [-0.4, -0.2) is 24.5 Å². The Morgan fingerprint density at radius 2 is 1.73 bits per heavy atom. The summed E-state index contributed by atoms with van der Waals surface area (Å²) in [4.78, 5) is 14.1. The van der Waals surface area contributed by atoms with Crippen molar-refractivity contribution < 1.29 is 13.9 Å². The summed E-state index contributed by atoms with van der Waals surface area (Å²) in [6.07, 6.45) is 0. The number of ether oxygens (including phenoxy) is 1. The number of rotatable bonds is 5. The van der Waals surface area contributed by atoms with Crippen molar-refractivity contribution in [2.45, 2.75) is 19.9 Å². The smallest absolute Gasteiger partial charge is 0.254 e. The van der Waals surface area contributed by atoms with Crippen molar-refractivity contribution in [3.8, 4) is 5.75 Å². The lowest BCUT2D eigenvalue weighted by atomic mass is 10.1. The van der Waals surface area contributed by atoms with E-state index in [1.807, 2.05) is 13.8 Å². The molecule has 0 heterocycles. The van der Waals surface area contributed by atoms with E-state index < -0.39 is 0 Å². The zero-order chi connectivity index (χ0) is 16.1. The first kappa shape index (κ1) is 16.0. The normalized spacial score (nSPS) is 11.8. The Kier molecular flexibility index (Phi) is 5.15. The van der Waals surface area contributed by atoms with Gasteiger partial charge in [0.1, 0.15) is 11.6 Å². The summed E-state index contributed by atoms with van der Waals surface area (Å²) in [5, 5.41) is 0. The van der Waals surface area contributed by atoms with E-state index in [2.05, 4.69) is 0 Å². The molecule has 1 amide bonds. The molecule has 116 valence electrons. The van der Waals surface area contributed by atoms with Crippen molar-refractivity contribution in [2.24, 2.45) is 0 Å². The van der Waals surface area contributed by atoms with E-state index >= 15 is 0 Å². The average molecular weight is 301 g/mol. The Morgan fingerprint density at radius 1 is 1.14 bits per heavy atom. The molecular formula is C18H20FNO2. The van der Waals surface area contributed by atoms with Gasteiger partial charge in [0.25, 0.3) is 5.91 Å². The Bertz CT molecular complexity index is 623. The van der Waals surface area contributed by atoms with E-state index in [0.717, 1.165) is 11.3 Å². The number of carbonyl (C=O) groups is 1. The number of carbonyl (C=O) groups excluding carboxylic acids is 1. The second-order valence-electron chi connectivity index (χ2n) is 5.10. The van der Waals surface area contributed by atoms with Crippen molar-refractivity contribution in [3.05, 3.63) is 65.5 Å². The van der Waals surface area contributed by atoms with Gasteiger partial charge in [-0.3, -0.25) is 4.79 Å². The molecule has 0 aliphatic rings. The summed E-state index contributed by atoms with van der Waals surface area (Å²) in [5.41, 5.74) is 1.49. The Balaban J connectivity index is 2.12. The molecule has 0 saturated heterocycles.